The molecule has 1 aromatic rings. The molecule has 3 amide bonds. The van der Waals surface area contributed by atoms with E-state index < -0.39 is 0 Å². The van der Waals surface area contributed by atoms with Gasteiger partial charge in [0.05, 0.1) is 18.2 Å². The first-order chi connectivity index (χ1) is 10.7. The predicted molar refractivity (Wildman–Crippen MR) is 81.9 cm³/mol. The molecule has 1 atom stereocenters. The van der Waals surface area contributed by atoms with Gasteiger partial charge in [-0.2, -0.15) is 0 Å². The van der Waals surface area contributed by atoms with E-state index in [2.05, 4.69) is 15.6 Å². The number of carbonyl (C=O) groups excluding carboxylic acids is 2. The fourth-order valence-corrected chi connectivity index (χ4v) is 2.69. The summed E-state index contributed by atoms with van der Waals surface area (Å²) in [5.74, 6) is -0.114. The van der Waals surface area contributed by atoms with Gasteiger partial charge in [0.2, 0.25) is 5.91 Å². The van der Waals surface area contributed by atoms with Crippen molar-refractivity contribution in [2.75, 3.05) is 13.1 Å². The van der Waals surface area contributed by atoms with Crippen LogP contribution in [0.15, 0.2) is 24.4 Å². The van der Waals surface area contributed by atoms with E-state index in [-0.39, 0.29) is 17.9 Å². The Hall–Kier alpha value is -2.11. The van der Waals surface area contributed by atoms with E-state index in [1.54, 1.807) is 11.1 Å². The second-order valence-electron chi connectivity index (χ2n) is 6.05. The first-order valence-electron chi connectivity index (χ1n) is 7.95. The Morgan fingerprint density at radius 2 is 2.14 bits per heavy atom. The highest BCUT2D eigenvalue weighted by Crippen LogP contribution is 2.21. The van der Waals surface area contributed by atoms with Crippen LogP contribution < -0.4 is 10.6 Å². The minimum absolute atomic E-state index is 0.00887. The number of piperidine rings is 1. The molecule has 1 saturated carbocycles. The standard InChI is InChI=1S/C16H22N4O2/c21-15(18-10-14-5-1-2-8-17-14)12-4-3-9-20(11-12)16(22)19-13-6-7-13/h1-2,5,8,12-13H,3-4,6-7,9-11H2,(H,18,21)(H,19,22). The van der Waals surface area contributed by atoms with Gasteiger partial charge in [-0.05, 0) is 37.8 Å². The van der Waals surface area contributed by atoms with E-state index in [9.17, 15) is 9.59 Å². The molecule has 2 N–H and O–H groups in total. The molecule has 0 radical (unpaired) electrons. The Bertz CT molecular complexity index is 530. The second kappa shape index (κ2) is 6.77. The fourth-order valence-electron chi connectivity index (χ4n) is 2.69. The van der Waals surface area contributed by atoms with Gasteiger partial charge in [-0.25, -0.2) is 4.79 Å². The van der Waals surface area contributed by atoms with Crippen LogP contribution >= 0.6 is 0 Å². The SMILES string of the molecule is O=C(NCc1ccccn1)C1CCCN(C(=O)NC2CC2)C1. The van der Waals surface area contributed by atoms with Crippen molar-refractivity contribution in [2.45, 2.75) is 38.3 Å². The maximum absolute atomic E-state index is 12.3. The van der Waals surface area contributed by atoms with E-state index in [1.165, 1.54) is 0 Å². The number of aromatic nitrogens is 1. The van der Waals surface area contributed by atoms with E-state index in [0.717, 1.165) is 37.9 Å². The van der Waals surface area contributed by atoms with Crippen LogP contribution in [-0.4, -0.2) is 41.0 Å². The van der Waals surface area contributed by atoms with Crippen LogP contribution in [0, 0.1) is 5.92 Å². The third-order valence-electron chi connectivity index (χ3n) is 4.15. The van der Waals surface area contributed by atoms with Crippen molar-refractivity contribution in [3.63, 3.8) is 0 Å². The molecule has 3 rings (SSSR count). The lowest BCUT2D eigenvalue weighted by Gasteiger charge is -2.32. The molecule has 0 bridgehead atoms. The number of urea groups is 1. The van der Waals surface area contributed by atoms with Gasteiger partial charge in [-0.1, -0.05) is 6.07 Å². The van der Waals surface area contributed by atoms with Crippen LogP contribution in [0.2, 0.25) is 0 Å². The second-order valence-corrected chi connectivity index (χ2v) is 6.05. The summed E-state index contributed by atoms with van der Waals surface area (Å²) in [5.41, 5.74) is 0.843. The van der Waals surface area contributed by atoms with Crippen molar-refractivity contribution in [3.05, 3.63) is 30.1 Å². The normalized spacial score (nSPS) is 21.3. The quantitative estimate of drug-likeness (QED) is 0.880. The Kier molecular flexibility index (Phi) is 4.56. The fraction of sp³-hybridized carbons (Fsp3) is 0.562. The highest BCUT2D eigenvalue weighted by Gasteiger charge is 2.31. The van der Waals surface area contributed by atoms with E-state index >= 15 is 0 Å². The number of nitrogens with one attached hydrogen (secondary N) is 2. The molecule has 2 heterocycles. The summed E-state index contributed by atoms with van der Waals surface area (Å²) in [6, 6.07) is 5.97. The molecule has 2 aliphatic rings. The Balaban J connectivity index is 1.48. The molecule has 1 saturated heterocycles. The zero-order chi connectivity index (χ0) is 15.4. The highest BCUT2D eigenvalue weighted by molar-refractivity contribution is 5.81. The molecular weight excluding hydrogens is 280 g/mol. The first-order valence-corrected chi connectivity index (χ1v) is 7.95. The zero-order valence-electron chi connectivity index (χ0n) is 12.6. The smallest absolute Gasteiger partial charge is 0.317 e. The summed E-state index contributed by atoms with van der Waals surface area (Å²) < 4.78 is 0. The molecule has 22 heavy (non-hydrogen) atoms. The number of amides is 3. The van der Waals surface area contributed by atoms with E-state index in [1.807, 2.05) is 18.2 Å². The summed E-state index contributed by atoms with van der Waals surface area (Å²) in [5, 5.41) is 5.91. The number of nitrogens with zero attached hydrogens (tertiary/aromatic N) is 2. The van der Waals surface area contributed by atoms with Gasteiger partial charge in [0.15, 0.2) is 0 Å². The van der Waals surface area contributed by atoms with Crippen LogP contribution in [-0.2, 0) is 11.3 Å². The van der Waals surface area contributed by atoms with Crippen LogP contribution in [0.5, 0.6) is 0 Å². The maximum atomic E-state index is 12.3. The molecular formula is C16H22N4O2. The molecule has 1 aliphatic carbocycles. The molecule has 0 aromatic carbocycles. The van der Waals surface area contributed by atoms with Crippen molar-refractivity contribution < 1.29 is 9.59 Å². The first kappa shape index (κ1) is 14.8. The predicted octanol–water partition coefficient (Wildman–Crippen LogP) is 1.28. The summed E-state index contributed by atoms with van der Waals surface area (Å²) in [4.78, 5) is 30.3. The minimum atomic E-state index is -0.123. The van der Waals surface area contributed by atoms with Crippen molar-refractivity contribution in [1.29, 1.82) is 0 Å². The van der Waals surface area contributed by atoms with E-state index in [4.69, 9.17) is 0 Å². The zero-order valence-corrected chi connectivity index (χ0v) is 12.6. The number of rotatable bonds is 4. The van der Waals surface area contributed by atoms with Crippen molar-refractivity contribution in [2.24, 2.45) is 5.92 Å². The average Bonchev–Trinajstić information content (AvgIpc) is 3.37. The van der Waals surface area contributed by atoms with Crippen molar-refractivity contribution >= 4 is 11.9 Å². The molecule has 6 nitrogen and oxygen atoms in total. The maximum Gasteiger partial charge on any atom is 0.317 e. The topological polar surface area (TPSA) is 74.3 Å². The average molecular weight is 302 g/mol. The molecule has 6 heteroatoms. The van der Waals surface area contributed by atoms with Crippen LogP contribution in [0.25, 0.3) is 0 Å². The van der Waals surface area contributed by atoms with Gasteiger partial charge >= 0.3 is 6.03 Å². The van der Waals surface area contributed by atoms with Crippen molar-refractivity contribution in [3.8, 4) is 0 Å². The summed E-state index contributed by atoms with van der Waals surface area (Å²) in [7, 11) is 0. The van der Waals surface area contributed by atoms with Gasteiger partial charge in [0.25, 0.3) is 0 Å². The monoisotopic (exact) mass is 302 g/mol. The highest BCUT2D eigenvalue weighted by atomic mass is 16.2. The van der Waals surface area contributed by atoms with Crippen LogP contribution in [0.3, 0.4) is 0 Å². The minimum Gasteiger partial charge on any atom is -0.350 e. The number of carbonyl (C=O) groups is 2. The van der Waals surface area contributed by atoms with Gasteiger partial charge in [-0.3, -0.25) is 9.78 Å². The summed E-state index contributed by atoms with van der Waals surface area (Å²) in [6.45, 7) is 1.68. The lowest BCUT2D eigenvalue weighted by molar-refractivity contribution is -0.126. The Morgan fingerprint density at radius 3 is 2.86 bits per heavy atom. The number of hydrogen-bond acceptors (Lipinski definition) is 3. The lowest BCUT2D eigenvalue weighted by atomic mass is 9.97. The number of hydrogen-bond donors (Lipinski definition) is 2. The molecule has 0 spiro atoms. The molecule has 1 aromatic heterocycles. The Morgan fingerprint density at radius 1 is 1.27 bits per heavy atom. The number of likely N-dealkylation sites (tertiary alicyclic amines) is 1. The number of pyridine rings is 1. The van der Waals surface area contributed by atoms with Crippen molar-refractivity contribution in [1.82, 2.24) is 20.5 Å². The summed E-state index contributed by atoms with van der Waals surface area (Å²) in [6.07, 6.45) is 5.58. The third-order valence-corrected chi connectivity index (χ3v) is 4.15. The molecule has 1 aliphatic heterocycles. The van der Waals surface area contributed by atoms with E-state index in [0.29, 0.717) is 19.1 Å². The Labute approximate surface area is 130 Å². The molecule has 1 unspecified atom stereocenters. The lowest BCUT2D eigenvalue weighted by Crippen LogP contribution is -2.49. The molecule has 2 fully saturated rings. The van der Waals surface area contributed by atoms with Crippen LogP contribution in [0.4, 0.5) is 4.79 Å². The van der Waals surface area contributed by atoms with Gasteiger partial charge in [0, 0.05) is 25.3 Å². The molecule has 118 valence electrons. The van der Waals surface area contributed by atoms with Gasteiger partial charge in [0.1, 0.15) is 0 Å². The largest absolute Gasteiger partial charge is 0.350 e. The van der Waals surface area contributed by atoms with Gasteiger partial charge < -0.3 is 15.5 Å². The van der Waals surface area contributed by atoms with Gasteiger partial charge in [-0.15, -0.1) is 0 Å². The third kappa shape index (κ3) is 3.96. The van der Waals surface area contributed by atoms with Crippen LogP contribution in [0.1, 0.15) is 31.4 Å². The summed E-state index contributed by atoms with van der Waals surface area (Å²) >= 11 is 0.